The number of esters is 1. The van der Waals surface area contributed by atoms with Crippen LogP contribution < -0.4 is 4.74 Å². The maximum absolute atomic E-state index is 11.4. The van der Waals surface area contributed by atoms with Crippen molar-refractivity contribution in [2.45, 2.75) is 26.9 Å². The van der Waals surface area contributed by atoms with Crippen molar-refractivity contribution in [2.24, 2.45) is 0 Å². The zero-order valence-electron chi connectivity index (χ0n) is 12.2. The van der Waals surface area contributed by atoms with Crippen LogP contribution in [0.3, 0.4) is 0 Å². The minimum atomic E-state index is -0.201. The molecule has 0 amide bonds. The number of benzene rings is 1. The second-order valence-corrected chi connectivity index (χ2v) is 4.94. The highest BCUT2D eigenvalue weighted by atomic mass is 16.5. The molecule has 0 N–H and O–H groups in total. The monoisotopic (exact) mass is 265 g/mol. The Labute approximate surface area is 115 Å². The Balaban J connectivity index is 2.21. The molecule has 19 heavy (non-hydrogen) atoms. The van der Waals surface area contributed by atoms with Gasteiger partial charge in [-0.1, -0.05) is 17.7 Å². The number of hydrogen-bond donors (Lipinski definition) is 0. The first-order chi connectivity index (χ1) is 8.97. The van der Waals surface area contributed by atoms with Crippen LogP contribution in [0.15, 0.2) is 24.3 Å². The summed E-state index contributed by atoms with van der Waals surface area (Å²) in [6, 6.07) is 7.92. The molecule has 0 aliphatic heterocycles. The van der Waals surface area contributed by atoms with Crippen LogP contribution in [-0.4, -0.2) is 43.7 Å². The fourth-order valence-corrected chi connectivity index (χ4v) is 1.55. The van der Waals surface area contributed by atoms with Gasteiger partial charge in [0.1, 0.15) is 12.4 Å². The molecule has 106 valence electrons. The van der Waals surface area contributed by atoms with Crippen LogP contribution >= 0.6 is 0 Å². The molecule has 0 atom stereocenters. The molecule has 0 bridgehead atoms. The molecule has 4 nitrogen and oxygen atoms in total. The van der Waals surface area contributed by atoms with E-state index in [0.29, 0.717) is 13.2 Å². The topological polar surface area (TPSA) is 38.8 Å². The average Bonchev–Trinajstić information content (AvgIpc) is 2.30. The van der Waals surface area contributed by atoms with Crippen LogP contribution in [-0.2, 0) is 9.53 Å². The SMILES string of the molecule is Cc1ccc(OCCN(C)CC(=O)OC(C)C)cc1. The van der Waals surface area contributed by atoms with E-state index in [1.54, 1.807) is 0 Å². The van der Waals surface area contributed by atoms with Gasteiger partial charge in [-0.15, -0.1) is 0 Å². The van der Waals surface area contributed by atoms with Gasteiger partial charge in [0.05, 0.1) is 12.6 Å². The number of nitrogens with zero attached hydrogens (tertiary/aromatic N) is 1. The molecule has 0 heterocycles. The van der Waals surface area contributed by atoms with Crippen molar-refractivity contribution >= 4 is 5.97 Å². The number of likely N-dealkylation sites (N-methyl/N-ethyl adjacent to an activating group) is 1. The van der Waals surface area contributed by atoms with E-state index in [4.69, 9.17) is 9.47 Å². The number of carbonyl (C=O) groups excluding carboxylic acids is 1. The summed E-state index contributed by atoms with van der Waals surface area (Å²) < 4.78 is 10.7. The molecular formula is C15H23NO3. The molecule has 0 radical (unpaired) electrons. The molecule has 1 aromatic carbocycles. The number of hydrogen-bond acceptors (Lipinski definition) is 4. The number of carbonyl (C=O) groups is 1. The third-order valence-corrected chi connectivity index (χ3v) is 2.53. The van der Waals surface area contributed by atoms with Crippen LogP contribution in [0.2, 0.25) is 0 Å². The van der Waals surface area contributed by atoms with Crippen molar-refractivity contribution in [2.75, 3.05) is 26.7 Å². The number of ether oxygens (including phenoxy) is 2. The van der Waals surface area contributed by atoms with Crippen molar-refractivity contribution in [3.05, 3.63) is 29.8 Å². The highest BCUT2D eigenvalue weighted by Crippen LogP contribution is 2.11. The summed E-state index contributed by atoms with van der Waals surface area (Å²) in [4.78, 5) is 13.3. The van der Waals surface area contributed by atoms with Crippen LogP contribution in [0.4, 0.5) is 0 Å². The first kappa shape index (κ1) is 15.5. The van der Waals surface area contributed by atoms with Gasteiger partial charge >= 0.3 is 5.97 Å². The number of rotatable bonds is 7. The summed E-state index contributed by atoms with van der Waals surface area (Å²) in [6.07, 6.45) is -0.0651. The van der Waals surface area contributed by atoms with E-state index in [1.807, 2.05) is 57.0 Å². The Morgan fingerprint density at radius 1 is 1.26 bits per heavy atom. The van der Waals surface area contributed by atoms with E-state index in [-0.39, 0.29) is 18.6 Å². The zero-order valence-corrected chi connectivity index (χ0v) is 12.2. The molecule has 0 saturated heterocycles. The fraction of sp³-hybridized carbons (Fsp3) is 0.533. The summed E-state index contributed by atoms with van der Waals surface area (Å²) >= 11 is 0. The van der Waals surface area contributed by atoms with Gasteiger partial charge in [-0.3, -0.25) is 9.69 Å². The van der Waals surface area contributed by atoms with Crippen molar-refractivity contribution in [3.63, 3.8) is 0 Å². The van der Waals surface area contributed by atoms with Crippen molar-refractivity contribution < 1.29 is 14.3 Å². The van der Waals surface area contributed by atoms with Crippen LogP contribution in [0.5, 0.6) is 5.75 Å². The van der Waals surface area contributed by atoms with Gasteiger partial charge in [-0.25, -0.2) is 0 Å². The summed E-state index contributed by atoms with van der Waals surface area (Å²) in [5, 5.41) is 0. The predicted octanol–water partition coefficient (Wildman–Crippen LogP) is 2.26. The lowest BCUT2D eigenvalue weighted by Crippen LogP contribution is -2.31. The van der Waals surface area contributed by atoms with Gasteiger partial charge in [0.15, 0.2) is 0 Å². The lowest BCUT2D eigenvalue weighted by Gasteiger charge is -2.17. The molecule has 1 aromatic rings. The fourth-order valence-electron chi connectivity index (χ4n) is 1.55. The smallest absolute Gasteiger partial charge is 0.320 e. The van der Waals surface area contributed by atoms with Gasteiger partial charge in [0.25, 0.3) is 0 Å². The van der Waals surface area contributed by atoms with Crippen LogP contribution in [0, 0.1) is 6.92 Å². The lowest BCUT2D eigenvalue weighted by atomic mass is 10.2. The van der Waals surface area contributed by atoms with E-state index in [1.165, 1.54) is 5.56 Å². The molecule has 0 aliphatic rings. The number of aryl methyl sites for hydroxylation is 1. The summed E-state index contributed by atoms with van der Waals surface area (Å²) in [5.74, 6) is 0.650. The Bertz CT molecular complexity index is 387. The third kappa shape index (κ3) is 6.82. The Hall–Kier alpha value is -1.55. The lowest BCUT2D eigenvalue weighted by molar-refractivity contribution is -0.148. The van der Waals surface area contributed by atoms with E-state index in [0.717, 1.165) is 5.75 Å². The maximum atomic E-state index is 11.4. The maximum Gasteiger partial charge on any atom is 0.320 e. The van der Waals surface area contributed by atoms with Crippen molar-refractivity contribution in [1.82, 2.24) is 4.90 Å². The first-order valence-electron chi connectivity index (χ1n) is 6.55. The van der Waals surface area contributed by atoms with Gasteiger partial charge < -0.3 is 9.47 Å². The standard InChI is InChI=1S/C15H23NO3/c1-12(2)19-15(17)11-16(4)9-10-18-14-7-5-13(3)6-8-14/h5-8,12H,9-11H2,1-4H3. The second-order valence-electron chi connectivity index (χ2n) is 4.94. The van der Waals surface area contributed by atoms with Gasteiger partial charge in [-0.2, -0.15) is 0 Å². The Morgan fingerprint density at radius 3 is 2.47 bits per heavy atom. The highest BCUT2D eigenvalue weighted by Gasteiger charge is 2.09. The predicted molar refractivity (Wildman–Crippen MR) is 75.4 cm³/mol. The molecule has 1 rings (SSSR count). The van der Waals surface area contributed by atoms with Crippen LogP contribution in [0.25, 0.3) is 0 Å². The molecule has 0 unspecified atom stereocenters. The van der Waals surface area contributed by atoms with Gasteiger partial charge in [0.2, 0.25) is 0 Å². The molecule has 0 aliphatic carbocycles. The average molecular weight is 265 g/mol. The van der Waals surface area contributed by atoms with Gasteiger partial charge in [-0.05, 0) is 40.0 Å². The van der Waals surface area contributed by atoms with E-state index in [9.17, 15) is 4.79 Å². The minimum absolute atomic E-state index is 0.0651. The largest absolute Gasteiger partial charge is 0.492 e. The summed E-state index contributed by atoms with van der Waals surface area (Å²) in [5.41, 5.74) is 1.21. The zero-order chi connectivity index (χ0) is 14.3. The molecule has 0 fully saturated rings. The van der Waals surface area contributed by atoms with Gasteiger partial charge in [0, 0.05) is 6.54 Å². The molecule has 0 spiro atoms. The normalized spacial score (nSPS) is 10.8. The molecule has 4 heteroatoms. The van der Waals surface area contributed by atoms with E-state index in [2.05, 4.69) is 0 Å². The Morgan fingerprint density at radius 2 is 1.89 bits per heavy atom. The summed E-state index contributed by atoms with van der Waals surface area (Å²) in [7, 11) is 1.88. The molecule has 0 aromatic heterocycles. The molecular weight excluding hydrogens is 242 g/mol. The van der Waals surface area contributed by atoms with Crippen molar-refractivity contribution in [1.29, 1.82) is 0 Å². The Kier molecular flexibility index (Phi) is 6.36. The quantitative estimate of drug-likeness (QED) is 0.709. The van der Waals surface area contributed by atoms with Crippen LogP contribution in [0.1, 0.15) is 19.4 Å². The van der Waals surface area contributed by atoms with E-state index < -0.39 is 0 Å². The second kappa shape index (κ2) is 7.79. The van der Waals surface area contributed by atoms with E-state index >= 15 is 0 Å². The first-order valence-corrected chi connectivity index (χ1v) is 6.55. The highest BCUT2D eigenvalue weighted by molar-refractivity contribution is 5.71. The summed E-state index contributed by atoms with van der Waals surface area (Å²) in [6.45, 7) is 7.25. The minimum Gasteiger partial charge on any atom is -0.492 e. The molecule has 0 saturated carbocycles. The third-order valence-electron chi connectivity index (χ3n) is 2.53. The van der Waals surface area contributed by atoms with Crippen molar-refractivity contribution in [3.8, 4) is 5.75 Å².